The Kier molecular flexibility index (Phi) is 8.33. The first-order valence-corrected chi connectivity index (χ1v) is 11.5. The summed E-state index contributed by atoms with van der Waals surface area (Å²) in [5, 5.41) is 3.42. The average Bonchev–Trinajstić information content (AvgIpc) is 3.08. The fourth-order valence-corrected chi connectivity index (χ4v) is 3.99. The number of carbonyl (C=O) groups excluding carboxylic acids is 3. The molecular weight excluding hydrogens is 442 g/mol. The number of hydrogen-bond donors (Lipinski definition) is 1. The van der Waals surface area contributed by atoms with Gasteiger partial charge in [0.1, 0.15) is 11.8 Å². The number of ether oxygens (including phenoxy) is 1. The molecule has 3 amide bonds. The van der Waals surface area contributed by atoms with E-state index in [0.29, 0.717) is 54.5 Å². The second-order valence-electron chi connectivity index (χ2n) is 8.37. The standard InChI is InChI=1S/C25H30ClN3O4/c1-17(2)22(27-23(30)18-9-11-19(26)12-10-18)25(32)29-14-6-13-28(15-16-29)24(31)20-7-4-5-8-21(20)33-3/h4-5,7-12,17,22H,6,13-16H2,1-3H3,(H,27,30). The summed E-state index contributed by atoms with van der Waals surface area (Å²) >= 11 is 5.90. The number of halogens is 1. The molecule has 1 saturated heterocycles. The zero-order valence-electron chi connectivity index (χ0n) is 19.2. The number of rotatable bonds is 6. The van der Waals surface area contributed by atoms with E-state index in [2.05, 4.69) is 5.32 Å². The van der Waals surface area contributed by atoms with Crippen molar-refractivity contribution in [2.24, 2.45) is 5.92 Å². The van der Waals surface area contributed by atoms with Gasteiger partial charge in [-0.05, 0) is 48.7 Å². The van der Waals surface area contributed by atoms with Crippen molar-refractivity contribution in [2.45, 2.75) is 26.3 Å². The lowest BCUT2D eigenvalue weighted by Gasteiger charge is -2.29. The van der Waals surface area contributed by atoms with E-state index in [1.165, 1.54) is 0 Å². The van der Waals surface area contributed by atoms with Gasteiger partial charge in [-0.3, -0.25) is 14.4 Å². The van der Waals surface area contributed by atoms with Gasteiger partial charge in [0.15, 0.2) is 0 Å². The molecular formula is C25H30ClN3O4. The summed E-state index contributed by atoms with van der Waals surface area (Å²) in [4.78, 5) is 42.6. The third-order valence-corrected chi connectivity index (χ3v) is 6.01. The van der Waals surface area contributed by atoms with Crippen LogP contribution in [0, 0.1) is 5.92 Å². The predicted octanol–water partition coefficient (Wildman–Crippen LogP) is 3.48. The van der Waals surface area contributed by atoms with Gasteiger partial charge in [-0.1, -0.05) is 37.6 Å². The van der Waals surface area contributed by atoms with Crippen LogP contribution in [0.25, 0.3) is 0 Å². The van der Waals surface area contributed by atoms with Gasteiger partial charge in [-0.2, -0.15) is 0 Å². The molecule has 0 radical (unpaired) electrons. The molecule has 1 unspecified atom stereocenters. The Hall–Kier alpha value is -3.06. The van der Waals surface area contributed by atoms with Crippen molar-refractivity contribution in [1.82, 2.24) is 15.1 Å². The topological polar surface area (TPSA) is 79.0 Å². The maximum atomic E-state index is 13.3. The maximum Gasteiger partial charge on any atom is 0.257 e. The quantitative estimate of drug-likeness (QED) is 0.699. The smallest absolute Gasteiger partial charge is 0.257 e. The Labute approximate surface area is 199 Å². The van der Waals surface area contributed by atoms with Gasteiger partial charge >= 0.3 is 0 Å². The third-order valence-electron chi connectivity index (χ3n) is 5.76. The van der Waals surface area contributed by atoms with E-state index in [0.717, 1.165) is 0 Å². The molecule has 0 aromatic heterocycles. The molecule has 0 saturated carbocycles. The highest BCUT2D eigenvalue weighted by atomic mass is 35.5. The Bertz CT molecular complexity index is 993. The van der Waals surface area contributed by atoms with Gasteiger partial charge in [0, 0.05) is 36.8 Å². The van der Waals surface area contributed by atoms with Gasteiger partial charge < -0.3 is 19.9 Å². The maximum absolute atomic E-state index is 13.3. The fourth-order valence-electron chi connectivity index (χ4n) is 3.87. The van der Waals surface area contributed by atoms with Gasteiger partial charge in [0.25, 0.3) is 11.8 Å². The van der Waals surface area contributed by atoms with Gasteiger partial charge in [-0.15, -0.1) is 0 Å². The van der Waals surface area contributed by atoms with E-state index in [9.17, 15) is 14.4 Å². The summed E-state index contributed by atoms with van der Waals surface area (Å²) in [5.74, 6) is -0.133. The molecule has 1 heterocycles. The lowest BCUT2D eigenvalue weighted by molar-refractivity contribution is -0.134. The van der Waals surface area contributed by atoms with Crippen LogP contribution in [-0.4, -0.2) is 66.9 Å². The minimum Gasteiger partial charge on any atom is -0.496 e. The third kappa shape index (κ3) is 6.05. The average molecular weight is 472 g/mol. The zero-order chi connectivity index (χ0) is 24.0. The molecule has 1 fully saturated rings. The zero-order valence-corrected chi connectivity index (χ0v) is 20.0. The Balaban J connectivity index is 1.67. The number of nitrogens with one attached hydrogen (secondary N) is 1. The number of carbonyl (C=O) groups is 3. The first-order valence-electron chi connectivity index (χ1n) is 11.1. The van der Waals surface area contributed by atoms with Crippen LogP contribution < -0.4 is 10.1 Å². The van der Waals surface area contributed by atoms with E-state index in [1.807, 2.05) is 19.9 Å². The van der Waals surface area contributed by atoms with Crippen molar-refractivity contribution in [3.8, 4) is 5.75 Å². The SMILES string of the molecule is COc1ccccc1C(=O)N1CCCN(C(=O)C(NC(=O)c2ccc(Cl)cc2)C(C)C)CC1. The van der Waals surface area contributed by atoms with E-state index < -0.39 is 6.04 Å². The lowest BCUT2D eigenvalue weighted by atomic mass is 10.0. The van der Waals surface area contributed by atoms with Crippen LogP contribution in [0.2, 0.25) is 5.02 Å². The van der Waals surface area contributed by atoms with Crippen molar-refractivity contribution < 1.29 is 19.1 Å². The van der Waals surface area contributed by atoms with Crippen LogP contribution in [0.4, 0.5) is 0 Å². The molecule has 1 atom stereocenters. The van der Waals surface area contributed by atoms with Gasteiger partial charge in [0.05, 0.1) is 12.7 Å². The second-order valence-corrected chi connectivity index (χ2v) is 8.81. The van der Waals surface area contributed by atoms with Crippen LogP contribution in [0.5, 0.6) is 5.75 Å². The largest absolute Gasteiger partial charge is 0.496 e. The Morgan fingerprint density at radius 1 is 0.939 bits per heavy atom. The number of para-hydroxylation sites is 1. The van der Waals surface area contributed by atoms with Gasteiger partial charge in [0.2, 0.25) is 5.91 Å². The molecule has 176 valence electrons. The first-order chi connectivity index (χ1) is 15.8. The first kappa shape index (κ1) is 24.6. The highest BCUT2D eigenvalue weighted by molar-refractivity contribution is 6.30. The molecule has 33 heavy (non-hydrogen) atoms. The monoisotopic (exact) mass is 471 g/mol. The number of benzene rings is 2. The normalized spacial score (nSPS) is 15.1. The molecule has 2 aromatic carbocycles. The predicted molar refractivity (Wildman–Crippen MR) is 128 cm³/mol. The molecule has 0 bridgehead atoms. The number of hydrogen-bond acceptors (Lipinski definition) is 4. The van der Waals surface area contributed by atoms with Crippen molar-refractivity contribution in [2.75, 3.05) is 33.3 Å². The van der Waals surface area contributed by atoms with Crippen LogP contribution in [0.3, 0.4) is 0 Å². The van der Waals surface area contributed by atoms with Crippen LogP contribution in [0.15, 0.2) is 48.5 Å². The van der Waals surface area contributed by atoms with Gasteiger partial charge in [-0.25, -0.2) is 0 Å². The van der Waals surface area contributed by atoms with E-state index in [1.54, 1.807) is 59.4 Å². The number of nitrogens with zero attached hydrogens (tertiary/aromatic N) is 2. The minimum atomic E-state index is -0.662. The van der Waals surface area contributed by atoms with Crippen molar-refractivity contribution >= 4 is 29.3 Å². The highest BCUT2D eigenvalue weighted by Crippen LogP contribution is 2.20. The molecule has 7 nitrogen and oxygen atoms in total. The van der Waals surface area contributed by atoms with Crippen molar-refractivity contribution in [3.05, 3.63) is 64.7 Å². The summed E-state index contributed by atoms with van der Waals surface area (Å²) in [6, 6.07) is 13.0. The van der Waals surface area contributed by atoms with Crippen LogP contribution in [-0.2, 0) is 4.79 Å². The summed E-state index contributed by atoms with van der Waals surface area (Å²) in [6.45, 7) is 5.69. The Morgan fingerprint density at radius 3 is 2.24 bits per heavy atom. The fraction of sp³-hybridized carbons (Fsp3) is 0.400. The Morgan fingerprint density at radius 2 is 1.58 bits per heavy atom. The van der Waals surface area contributed by atoms with Crippen molar-refractivity contribution in [1.29, 1.82) is 0 Å². The molecule has 1 aliphatic rings. The van der Waals surface area contributed by atoms with E-state index >= 15 is 0 Å². The van der Waals surface area contributed by atoms with Crippen LogP contribution >= 0.6 is 11.6 Å². The van der Waals surface area contributed by atoms with Crippen molar-refractivity contribution in [3.63, 3.8) is 0 Å². The number of amides is 3. The molecule has 0 spiro atoms. The second kappa shape index (κ2) is 11.2. The summed E-state index contributed by atoms with van der Waals surface area (Å²) in [5.41, 5.74) is 0.956. The molecule has 1 aliphatic heterocycles. The lowest BCUT2D eigenvalue weighted by Crippen LogP contribution is -2.52. The summed E-state index contributed by atoms with van der Waals surface area (Å²) < 4.78 is 5.33. The molecule has 1 N–H and O–H groups in total. The molecule has 0 aliphatic carbocycles. The molecule has 8 heteroatoms. The number of methoxy groups -OCH3 is 1. The van der Waals surface area contributed by atoms with E-state index in [-0.39, 0.29) is 23.6 Å². The van der Waals surface area contributed by atoms with Crippen LogP contribution in [0.1, 0.15) is 41.0 Å². The summed E-state index contributed by atoms with van der Waals surface area (Å²) in [6.07, 6.45) is 0.655. The minimum absolute atomic E-state index is 0.0941. The van der Waals surface area contributed by atoms with E-state index in [4.69, 9.17) is 16.3 Å². The molecule has 2 aromatic rings. The summed E-state index contributed by atoms with van der Waals surface area (Å²) in [7, 11) is 1.54. The molecule has 3 rings (SSSR count). The highest BCUT2D eigenvalue weighted by Gasteiger charge is 2.31.